The Bertz CT molecular complexity index is 951. The molecule has 0 unspecified atom stereocenters. The van der Waals surface area contributed by atoms with Crippen LogP contribution in [0, 0.1) is 13.8 Å². The number of nitrogens with one attached hydrogen (secondary N) is 1. The number of ketones is 1. The monoisotopic (exact) mass is 461 g/mol. The highest BCUT2D eigenvalue weighted by atomic mass is 35.5. The normalized spacial score (nSPS) is 16.0. The third-order valence-electron chi connectivity index (χ3n) is 6.00. The third kappa shape index (κ3) is 5.52. The molecule has 1 aromatic carbocycles. The standard InChI is InChI=1S/C24H32ClN3O4/c1-5-31-24(30)21-16(2)22(26-17(21)3)23(29)18(4)28-12-10-27(11-13-28)14-15-32-20-9-7-6-8-19(20)25/h6-9,18,26H,5,10-15H2,1-4H3/t18-/m0/s1. The summed E-state index contributed by atoms with van der Waals surface area (Å²) >= 11 is 6.13. The Hall–Kier alpha value is -2.35. The highest BCUT2D eigenvalue weighted by Gasteiger charge is 2.30. The fraction of sp³-hybridized carbons (Fsp3) is 0.500. The number of para-hydroxylation sites is 1. The van der Waals surface area contributed by atoms with Gasteiger partial charge in [-0.05, 0) is 45.4 Å². The number of esters is 1. The van der Waals surface area contributed by atoms with Gasteiger partial charge >= 0.3 is 5.97 Å². The van der Waals surface area contributed by atoms with E-state index in [1.54, 1.807) is 20.8 Å². The molecular formula is C24H32ClN3O4. The highest BCUT2D eigenvalue weighted by molar-refractivity contribution is 6.32. The number of hydrogen-bond donors (Lipinski definition) is 1. The van der Waals surface area contributed by atoms with Gasteiger partial charge in [0.2, 0.25) is 0 Å². The number of benzene rings is 1. The van der Waals surface area contributed by atoms with Crippen molar-refractivity contribution in [2.45, 2.75) is 33.7 Å². The van der Waals surface area contributed by atoms with E-state index in [4.69, 9.17) is 21.1 Å². The van der Waals surface area contributed by atoms with E-state index in [-0.39, 0.29) is 11.8 Å². The molecule has 2 heterocycles. The Morgan fingerprint density at radius 2 is 1.84 bits per heavy atom. The number of piperazine rings is 1. The van der Waals surface area contributed by atoms with Gasteiger partial charge in [0, 0.05) is 38.4 Å². The summed E-state index contributed by atoms with van der Waals surface area (Å²) in [5.74, 6) is 0.306. The molecule has 3 rings (SSSR count). The maximum absolute atomic E-state index is 13.2. The van der Waals surface area contributed by atoms with Gasteiger partial charge in [0.1, 0.15) is 12.4 Å². The molecule has 1 aromatic heterocycles. The lowest BCUT2D eigenvalue weighted by molar-refractivity contribution is 0.0525. The molecule has 8 heteroatoms. The van der Waals surface area contributed by atoms with E-state index in [0.717, 1.165) is 32.7 Å². The summed E-state index contributed by atoms with van der Waals surface area (Å²) in [6, 6.07) is 7.19. The van der Waals surface area contributed by atoms with Gasteiger partial charge in [0.15, 0.2) is 5.78 Å². The molecule has 0 bridgehead atoms. The number of aromatic nitrogens is 1. The zero-order valence-corrected chi connectivity index (χ0v) is 20.0. The first-order valence-electron chi connectivity index (χ1n) is 11.1. The zero-order valence-electron chi connectivity index (χ0n) is 19.2. The Labute approximate surface area is 194 Å². The first-order chi connectivity index (χ1) is 15.3. The van der Waals surface area contributed by atoms with Crippen molar-refractivity contribution >= 4 is 23.4 Å². The minimum atomic E-state index is -0.391. The van der Waals surface area contributed by atoms with Gasteiger partial charge in [-0.25, -0.2) is 4.79 Å². The number of hydrogen-bond acceptors (Lipinski definition) is 6. The summed E-state index contributed by atoms with van der Waals surface area (Å²) in [7, 11) is 0. The lowest BCUT2D eigenvalue weighted by Crippen LogP contribution is -2.52. The van der Waals surface area contributed by atoms with Crippen LogP contribution in [0.5, 0.6) is 5.75 Å². The van der Waals surface area contributed by atoms with Gasteiger partial charge in [-0.15, -0.1) is 0 Å². The maximum atomic E-state index is 13.2. The SMILES string of the molecule is CCOC(=O)c1c(C)[nH]c(C(=O)[C@H](C)N2CCN(CCOc3ccccc3Cl)CC2)c1C. The smallest absolute Gasteiger partial charge is 0.340 e. The number of nitrogens with zero attached hydrogens (tertiary/aromatic N) is 2. The second-order valence-electron chi connectivity index (χ2n) is 8.04. The molecule has 1 fully saturated rings. The van der Waals surface area contributed by atoms with E-state index in [1.807, 2.05) is 31.2 Å². The van der Waals surface area contributed by atoms with E-state index in [1.165, 1.54) is 0 Å². The number of aromatic amines is 1. The molecule has 1 aliphatic rings. The average molecular weight is 462 g/mol. The van der Waals surface area contributed by atoms with Crippen molar-refractivity contribution in [2.75, 3.05) is 45.9 Å². The Morgan fingerprint density at radius 3 is 2.50 bits per heavy atom. The molecule has 1 saturated heterocycles. The number of carbonyl (C=O) groups is 2. The summed E-state index contributed by atoms with van der Waals surface area (Å²) < 4.78 is 10.9. The molecule has 0 radical (unpaired) electrons. The summed E-state index contributed by atoms with van der Waals surface area (Å²) in [5, 5.41) is 0.616. The van der Waals surface area contributed by atoms with Gasteiger partial charge in [-0.2, -0.15) is 0 Å². The molecular weight excluding hydrogens is 430 g/mol. The van der Waals surface area contributed by atoms with Crippen LogP contribution in [0.15, 0.2) is 24.3 Å². The van der Waals surface area contributed by atoms with Crippen LogP contribution in [0.2, 0.25) is 5.02 Å². The quantitative estimate of drug-likeness (QED) is 0.453. The molecule has 7 nitrogen and oxygen atoms in total. The van der Waals surface area contributed by atoms with E-state index in [9.17, 15) is 9.59 Å². The second-order valence-corrected chi connectivity index (χ2v) is 8.45. The van der Waals surface area contributed by atoms with Crippen molar-refractivity contribution in [1.82, 2.24) is 14.8 Å². The van der Waals surface area contributed by atoms with Crippen LogP contribution in [-0.2, 0) is 4.74 Å². The number of aryl methyl sites for hydroxylation is 1. The van der Waals surface area contributed by atoms with Gasteiger partial charge in [-0.1, -0.05) is 23.7 Å². The minimum Gasteiger partial charge on any atom is -0.491 e. The molecule has 32 heavy (non-hydrogen) atoms. The van der Waals surface area contributed by atoms with E-state index in [0.29, 0.717) is 46.5 Å². The number of H-pyrrole nitrogens is 1. The molecule has 1 atom stereocenters. The number of rotatable bonds is 9. The Balaban J connectivity index is 1.52. The molecule has 0 saturated carbocycles. The summed E-state index contributed by atoms with van der Waals surface area (Å²) in [6.45, 7) is 12.3. The van der Waals surface area contributed by atoms with Crippen molar-refractivity contribution in [2.24, 2.45) is 0 Å². The lowest BCUT2D eigenvalue weighted by atomic mass is 10.0. The van der Waals surface area contributed by atoms with Gasteiger partial charge in [0.05, 0.1) is 28.9 Å². The van der Waals surface area contributed by atoms with Crippen LogP contribution in [0.3, 0.4) is 0 Å². The molecule has 0 spiro atoms. The predicted molar refractivity (Wildman–Crippen MR) is 125 cm³/mol. The number of halogens is 1. The Kier molecular flexibility index (Phi) is 8.34. The van der Waals surface area contributed by atoms with Crippen LogP contribution in [-0.4, -0.2) is 78.5 Å². The highest BCUT2D eigenvalue weighted by Crippen LogP contribution is 2.24. The van der Waals surface area contributed by atoms with Crippen molar-refractivity contribution in [3.05, 3.63) is 51.8 Å². The van der Waals surface area contributed by atoms with Crippen LogP contribution in [0.25, 0.3) is 0 Å². The summed E-state index contributed by atoms with van der Waals surface area (Å²) in [5.41, 5.74) is 2.28. The summed E-state index contributed by atoms with van der Waals surface area (Å²) in [6.07, 6.45) is 0. The number of carbonyl (C=O) groups excluding carboxylic acids is 2. The number of Topliss-reactive ketones (excluding diaryl/α,β-unsaturated/α-hetero) is 1. The van der Waals surface area contributed by atoms with Gasteiger partial charge in [-0.3, -0.25) is 14.6 Å². The van der Waals surface area contributed by atoms with Crippen LogP contribution < -0.4 is 4.74 Å². The van der Waals surface area contributed by atoms with E-state index in [2.05, 4.69) is 14.8 Å². The average Bonchev–Trinajstić information content (AvgIpc) is 3.08. The fourth-order valence-corrected chi connectivity index (χ4v) is 4.29. The van der Waals surface area contributed by atoms with Crippen molar-refractivity contribution in [3.8, 4) is 5.75 Å². The maximum Gasteiger partial charge on any atom is 0.340 e. The number of ether oxygens (including phenoxy) is 2. The van der Waals surface area contributed by atoms with Crippen molar-refractivity contribution in [3.63, 3.8) is 0 Å². The molecule has 1 aliphatic heterocycles. The third-order valence-corrected chi connectivity index (χ3v) is 6.31. The van der Waals surface area contributed by atoms with Gasteiger partial charge in [0.25, 0.3) is 0 Å². The molecule has 1 N–H and O–H groups in total. The molecule has 2 aromatic rings. The van der Waals surface area contributed by atoms with Gasteiger partial charge < -0.3 is 14.5 Å². The van der Waals surface area contributed by atoms with Crippen molar-refractivity contribution in [1.29, 1.82) is 0 Å². The predicted octanol–water partition coefficient (Wildman–Crippen LogP) is 3.73. The largest absolute Gasteiger partial charge is 0.491 e. The Morgan fingerprint density at radius 1 is 1.16 bits per heavy atom. The van der Waals surface area contributed by atoms with Crippen molar-refractivity contribution < 1.29 is 19.1 Å². The first-order valence-corrected chi connectivity index (χ1v) is 11.5. The molecule has 0 aliphatic carbocycles. The van der Waals surface area contributed by atoms with Crippen LogP contribution in [0.4, 0.5) is 0 Å². The van der Waals surface area contributed by atoms with E-state index >= 15 is 0 Å². The second kappa shape index (κ2) is 11.0. The molecule has 174 valence electrons. The molecule has 0 amide bonds. The summed E-state index contributed by atoms with van der Waals surface area (Å²) in [4.78, 5) is 33.0. The minimum absolute atomic E-state index is 0.00310. The lowest BCUT2D eigenvalue weighted by Gasteiger charge is -2.37. The fourth-order valence-electron chi connectivity index (χ4n) is 4.10. The zero-order chi connectivity index (χ0) is 23.3. The van der Waals surface area contributed by atoms with Crippen LogP contribution in [0.1, 0.15) is 46.0 Å². The van der Waals surface area contributed by atoms with E-state index < -0.39 is 5.97 Å². The van der Waals surface area contributed by atoms with Crippen LogP contribution >= 0.6 is 11.6 Å². The topological polar surface area (TPSA) is 74.9 Å². The first kappa shape index (κ1) is 24.3.